The van der Waals surface area contributed by atoms with Gasteiger partial charge in [-0.05, 0) is 36.3 Å². The van der Waals surface area contributed by atoms with E-state index in [0.29, 0.717) is 10.7 Å². The average Bonchev–Trinajstić information content (AvgIpc) is 2.27. The Balaban J connectivity index is 2.26. The largest absolute Gasteiger partial charge is 0.493 e. The van der Waals surface area contributed by atoms with Crippen LogP contribution >= 0.6 is 15.9 Å². The van der Waals surface area contributed by atoms with Crippen LogP contribution in [0.25, 0.3) is 0 Å². The first-order valence-corrected chi connectivity index (χ1v) is 6.98. The number of alkyl halides is 1. The third kappa shape index (κ3) is 2.60. The molecule has 1 aliphatic rings. The summed E-state index contributed by atoms with van der Waals surface area (Å²) in [6.07, 6.45) is 3.47. The van der Waals surface area contributed by atoms with Gasteiger partial charge < -0.3 is 4.74 Å². The zero-order chi connectivity index (χ0) is 11.5. The first-order chi connectivity index (χ1) is 7.68. The topological polar surface area (TPSA) is 9.23 Å². The van der Waals surface area contributed by atoms with Gasteiger partial charge in [-0.25, -0.2) is 0 Å². The summed E-state index contributed by atoms with van der Waals surface area (Å²) in [5.74, 6) is 1.72. The summed E-state index contributed by atoms with van der Waals surface area (Å²) in [5, 5.41) is 0. The fourth-order valence-electron chi connectivity index (χ4n) is 2.42. The highest BCUT2D eigenvalue weighted by atomic mass is 79.9. The van der Waals surface area contributed by atoms with Crippen molar-refractivity contribution in [1.82, 2.24) is 0 Å². The molecule has 88 valence electrons. The van der Waals surface area contributed by atoms with Crippen LogP contribution in [-0.4, -0.2) is 11.4 Å². The van der Waals surface area contributed by atoms with E-state index in [0.717, 1.165) is 25.2 Å². The van der Waals surface area contributed by atoms with Crippen molar-refractivity contribution < 1.29 is 4.74 Å². The molecule has 2 unspecified atom stereocenters. The molecule has 2 rings (SSSR count). The number of ether oxygens (including phenoxy) is 1. The molecule has 2 heteroatoms. The van der Waals surface area contributed by atoms with Crippen LogP contribution in [0.2, 0.25) is 0 Å². The van der Waals surface area contributed by atoms with Crippen LogP contribution in [0.4, 0.5) is 0 Å². The van der Waals surface area contributed by atoms with Crippen molar-refractivity contribution in [3.8, 4) is 5.75 Å². The Hall–Kier alpha value is -0.500. The van der Waals surface area contributed by atoms with Crippen LogP contribution in [0.3, 0.4) is 0 Å². The Bertz CT molecular complexity index is 360. The van der Waals surface area contributed by atoms with E-state index < -0.39 is 0 Å². The van der Waals surface area contributed by atoms with Gasteiger partial charge in [-0.2, -0.15) is 0 Å². The van der Waals surface area contributed by atoms with Crippen molar-refractivity contribution in [3.05, 3.63) is 29.3 Å². The minimum atomic E-state index is 0.557. The molecule has 0 N–H and O–H groups in total. The van der Waals surface area contributed by atoms with E-state index in [9.17, 15) is 0 Å². The molecular weight excluding hydrogens is 264 g/mol. The molecule has 2 atom stereocenters. The molecule has 1 nitrogen and oxygen atoms in total. The predicted octanol–water partition coefficient (Wildman–Crippen LogP) is 4.29. The Labute approximate surface area is 106 Å². The highest BCUT2D eigenvalue weighted by Gasteiger charge is 2.18. The van der Waals surface area contributed by atoms with Gasteiger partial charge >= 0.3 is 0 Å². The summed E-state index contributed by atoms with van der Waals surface area (Å²) >= 11 is 3.63. The minimum Gasteiger partial charge on any atom is -0.493 e. The van der Waals surface area contributed by atoms with Crippen LogP contribution in [0.1, 0.15) is 43.7 Å². The lowest BCUT2D eigenvalue weighted by molar-refractivity contribution is 0.283. The van der Waals surface area contributed by atoms with E-state index in [-0.39, 0.29) is 0 Å². The monoisotopic (exact) mass is 282 g/mol. The van der Waals surface area contributed by atoms with Crippen molar-refractivity contribution in [1.29, 1.82) is 0 Å². The summed E-state index contributed by atoms with van der Waals surface area (Å²) in [6.45, 7) is 5.36. The molecule has 0 amide bonds. The maximum Gasteiger partial charge on any atom is 0.125 e. The highest BCUT2D eigenvalue weighted by molar-refractivity contribution is 9.09. The smallest absolute Gasteiger partial charge is 0.125 e. The highest BCUT2D eigenvalue weighted by Crippen LogP contribution is 2.36. The van der Waals surface area contributed by atoms with Gasteiger partial charge in [-0.1, -0.05) is 48.0 Å². The quantitative estimate of drug-likeness (QED) is 0.752. The van der Waals surface area contributed by atoms with Crippen molar-refractivity contribution in [2.75, 3.05) is 6.61 Å². The number of benzene rings is 1. The second-order valence-corrected chi connectivity index (χ2v) is 6.27. The fraction of sp³-hybridized carbons (Fsp3) is 0.571. The number of aryl methyl sites for hydroxylation is 1. The number of hydrogen-bond acceptors (Lipinski definition) is 1. The lowest BCUT2D eigenvalue weighted by Crippen LogP contribution is -2.12. The van der Waals surface area contributed by atoms with Crippen LogP contribution < -0.4 is 4.74 Å². The molecule has 0 saturated heterocycles. The van der Waals surface area contributed by atoms with Crippen molar-refractivity contribution >= 4 is 15.9 Å². The number of hydrogen-bond donors (Lipinski definition) is 0. The Morgan fingerprint density at radius 3 is 2.94 bits per heavy atom. The summed E-state index contributed by atoms with van der Waals surface area (Å²) in [4.78, 5) is 0.557. The van der Waals surface area contributed by atoms with Gasteiger partial charge in [-0.3, -0.25) is 0 Å². The lowest BCUT2D eigenvalue weighted by atomic mass is 9.92. The van der Waals surface area contributed by atoms with E-state index in [1.165, 1.54) is 17.5 Å². The molecule has 0 aromatic heterocycles. The molecule has 1 aromatic carbocycles. The summed E-state index contributed by atoms with van der Waals surface area (Å²) in [5.41, 5.74) is 2.77. The Morgan fingerprint density at radius 2 is 2.19 bits per heavy atom. The fourth-order valence-corrected chi connectivity index (χ4v) is 2.98. The Kier molecular flexibility index (Phi) is 3.91. The molecule has 0 bridgehead atoms. The number of rotatable bonds is 3. The van der Waals surface area contributed by atoms with Crippen LogP contribution in [0, 0.1) is 0 Å². The van der Waals surface area contributed by atoms with Gasteiger partial charge in [0.25, 0.3) is 0 Å². The van der Waals surface area contributed by atoms with E-state index in [1.54, 1.807) is 0 Å². The molecule has 1 aromatic rings. The second-order valence-electron chi connectivity index (χ2n) is 4.71. The SMILES string of the molecule is CC(Br)CC(C)c1cccc2c1OCCC2. The molecule has 0 fully saturated rings. The first kappa shape index (κ1) is 12.0. The third-order valence-electron chi connectivity index (χ3n) is 3.17. The molecule has 0 radical (unpaired) electrons. The lowest BCUT2D eigenvalue weighted by Gasteiger charge is -2.23. The zero-order valence-electron chi connectivity index (χ0n) is 10.0. The normalized spacial score (nSPS) is 18.4. The molecule has 0 aliphatic carbocycles. The van der Waals surface area contributed by atoms with Gasteiger partial charge in [0, 0.05) is 4.83 Å². The molecule has 0 spiro atoms. The zero-order valence-corrected chi connectivity index (χ0v) is 11.6. The average molecular weight is 283 g/mol. The first-order valence-electron chi connectivity index (χ1n) is 6.07. The third-order valence-corrected chi connectivity index (χ3v) is 3.55. The van der Waals surface area contributed by atoms with E-state index in [2.05, 4.69) is 48.0 Å². The van der Waals surface area contributed by atoms with Gasteiger partial charge in [-0.15, -0.1) is 0 Å². The van der Waals surface area contributed by atoms with E-state index in [4.69, 9.17) is 4.74 Å². The Morgan fingerprint density at radius 1 is 1.38 bits per heavy atom. The van der Waals surface area contributed by atoms with E-state index >= 15 is 0 Å². The number of fused-ring (bicyclic) bond motifs is 1. The maximum atomic E-state index is 5.84. The summed E-state index contributed by atoms with van der Waals surface area (Å²) in [7, 11) is 0. The number of halogens is 1. The van der Waals surface area contributed by atoms with Gasteiger partial charge in [0.1, 0.15) is 5.75 Å². The van der Waals surface area contributed by atoms with Crippen LogP contribution in [0.15, 0.2) is 18.2 Å². The molecule has 16 heavy (non-hydrogen) atoms. The van der Waals surface area contributed by atoms with Gasteiger partial charge in [0.05, 0.1) is 6.61 Å². The standard InChI is InChI=1S/C14H19BrO/c1-10(9-11(2)15)13-7-3-5-12-6-4-8-16-14(12)13/h3,5,7,10-11H,4,6,8-9H2,1-2H3. The second kappa shape index (κ2) is 5.22. The van der Waals surface area contributed by atoms with Crippen LogP contribution in [0.5, 0.6) is 5.75 Å². The molecule has 1 heterocycles. The molecule has 1 aliphatic heterocycles. The summed E-state index contributed by atoms with van der Waals surface area (Å²) < 4.78 is 5.84. The molecule has 0 saturated carbocycles. The summed E-state index contributed by atoms with van der Waals surface area (Å²) in [6, 6.07) is 6.57. The molecular formula is C14H19BrO. The van der Waals surface area contributed by atoms with E-state index in [1.807, 2.05) is 0 Å². The van der Waals surface area contributed by atoms with Crippen molar-refractivity contribution in [2.45, 2.75) is 43.9 Å². The maximum absolute atomic E-state index is 5.84. The number of para-hydroxylation sites is 1. The van der Waals surface area contributed by atoms with Gasteiger partial charge in [0.15, 0.2) is 0 Å². The predicted molar refractivity (Wildman–Crippen MR) is 71.7 cm³/mol. The van der Waals surface area contributed by atoms with Crippen molar-refractivity contribution in [3.63, 3.8) is 0 Å². The van der Waals surface area contributed by atoms with Crippen LogP contribution in [-0.2, 0) is 6.42 Å². The van der Waals surface area contributed by atoms with Crippen molar-refractivity contribution in [2.24, 2.45) is 0 Å². The minimum absolute atomic E-state index is 0.557. The van der Waals surface area contributed by atoms with Gasteiger partial charge in [0.2, 0.25) is 0 Å².